The molecule has 0 aliphatic carbocycles. The van der Waals surface area contributed by atoms with Gasteiger partial charge < -0.3 is 5.32 Å². The number of amides is 2. The predicted molar refractivity (Wildman–Crippen MR) is 104 cm³/mol. The van der Waals surface area contributed by atoms with Crippen LogP contribution in [-0.4, -0.2) is 55.6 Å². The Kier molecular flexibility index (Phi) is 5.90. The molecule has 1 aromatic rings. The fourth-order valence-electron chi connectivity index (χ4n) is 4.32. The molecule has 3 heterocycles. The Balaban J connectivity index is 0.00000210. The Morgan fingerprint density at radius 2 is 1.59 bits per heavy atom. The van der Waals surface area contributed by atoms with Gasteiger partial charge in [-0.2, -0.15) is 0 Å². The van der Waals surface area contributed by atoms with E-state index in [9.17, 15) is 18.0 Å². The molecule has 2 N–H and O–H groups in total. The topological polar surface area (TPSA) is 95.6 Å². The monoisotopic (exact) mass is 413 g/mol. The average molecular weight is 414 g/mol. The van der Waals surface area contributed by atoms with Gasteiger partial charge in [-0.15, -0.1) is 12.4 Å². The molecule has 1 aromatic carbocycles. The van der Waals surface area contributed by atoms with Gasteiger partial charge in [0.2, 0.25) is 10.0 Å². The molecule has 148 valence electrons. The van der Waals surface area contributed by atoms with Gasteiger partial charge in [0, 0.05) is 24.7 Å². The van der Waals surface area contributed by atoms with Gasteiger partial charge in [0.1, 0.15) is 0 Å². The van der Waals surface area contributed by atoms with Crippen LogP contribution in [0.2, 0.25) is 0 Å². The molecule has 0 saturated carbocycles. The zero-order chi connectivity index (χ0) is 18.3. The minimum Gasteiger partial charge on any atom is -0.311 e. The van der Waals surface area contributed by atoms with E-state index in [4.69, 9.17) is 0 Å². The lowest BCUT2D eigenvalue weighted by Crippen LogP contribution is -2.48. The van der Waals surface area contributed by atoms with Crippen molar-refractivity contribution in [2.75, 3.05) is 12.3 Å². The summed E-state index contributed by atoms with van der Waals surface area (Å²) in [6, 6.07) is 7.50. The Hall–Kier alpha value is -1.48. The molecular formula is C18H24ClN3O4S. The smallest absolute Gasteiger partial charge is 0.261 e. The molecule has 7 nitrogen and oxygen atoms in total. The fraction of sp³-hybridized carbons (Fsp3) is 0.556. The molecular weight excluding hydrogens is 390 g/mol. The molecule has 9 heteroatoms. The van der Waals surface area contributed by atoms with Gasteiger partial charge in [0.05, 0.1) is 16.9 Å². The standard InChI is InChI=1S/C18H23N3O4S.ClH/c22-17-15-4-1-2-5-16(15)18(23)21(17)8-3-9-26(24,25)20-14-10-12-6-7-13(11-14)19-12;/h1-2,4-5,12-14,19-20H,3,6-11H2;1H. The molecule has 3 aliphatic rings. The second kappa shape index (κ2) is 7.87. The summed E-state index contributed by atoms with van der Waals surface area (Å²) < 4.78 is 27.5. The Morgan fingerprint density at radius 1 is 1.04 bits per heavy atom. The summed E-state index contributed by atoms with van der Waals surface area (Å²) in [5.41, 5.74) is 0.785. The molecule has 27 heavy (non-hydrogen) atoms. The first-order chi connectivity index (χ1) is 12.4. The van der Waals surface area contributed by atoms with E-state index in [-0.39, 0.29) is 49.0 Å². The summed E-state index contributed by atoms with van der Waals surface area (Å²) in [4.78, 5) is 25.7. The number of carbonyl (C=O) groups excluding carboxylic acids is 2. The van der Waals surface area contributed by atoms with E-state index in [1.165, 1.54) is 0 Å². The lowest BCUT2D eigenvalue weighted by Gasteiger charge is -2.29. The van der Waals surface area contributed by atoms with Crippen molar-refractivity contribution >= 4 is 34.2 Å². The van der Waals surface area contributed by atoms with Crippen LogP contribution in [0.4, 0.5) is 0 Å². The van der Waals surface area contributed by atoms with Crippen LogP contribution < -0.4 is 10.0 Å². The van der Waals surface area contributed by atoms with Crippen LogP contribution in [0.5, 0.6) is 0 Å². The molecule has 2 amide bonds. The molecule has 0 radical (unpaired) electrons. The molecule has 2 unspecified atom stereocenters. The second-order valence-electron chi connectivity index (χ2n) is 7.40. The van der Waals surface area contributed by atoms with Gasteiger partial charge in [-0.25, -0.2) is 13.1 Å². The van der Waals surface area contributed by atoms with Crippen molar-refractivity contribution in [2.45, 2.75) is 50.2 Å². The summed E-state index contributed by atoms with van der Waals surface area (Å²) in [5.74, 6) is -0.767. The van der Waals surface area contributed by atoms with E-state index >= 15 is 0 Å². The highest BCUT2D eigenvalue weighted by Gasteiger charge is 2.36. The third kappa shape index (κ3) is 4.18. The lowest BCUT2D eigenvalue weighted by atomic mass is 10.0. The fourth-order valence-corrected chi connectivity index (χ4v) is 5.65. The Morgan fingerprint density at radius 3 is 2.15 bits per heavy atom. The van der Waals surface area contributed by atoms with Crippen molar-refractivity contribution in [3.63, 3.8) is 0 Å². The zero-order valence-corrected chi connectivity index (χ0v) is 16.5. The third-order valence-corrected chi connectivity index (χ3v) is 7.01. The quantitative estimate of drug-likeness (QED) is 0.685. The summed E-state index contributed by atoms with van der Waals surface area (Å²) in [6.07, 6.45) is 4.12. The summed E-state index contributed by atoms with van der Waals surface area (Å²) >= 11 is 0. The summed E-state index contributed by atoms with van der Waals surface area (Å²) in [5, 5.41) is 3.49. The predicted octanol–water partition coefficient (Wildman–Crippen LogP) is 1.30. The van der Waals surface area contributed by atoms with E-state index in [1.807, 2.05) is 0 Å². The van der Waals surface area contributed by atoms with Crippen molar-refractivity contribution in [3.8, 4) is 0 Å². The van der Waals surface area contributed by atoms with E-state index in [0.29, 0.717) is 23.2 Å². The van der Waals surface area contributed by atoms with Crippen LogP contribution in [0.1, 0.15) is 52.8 Å². The van der Waals surface area contributed by atoms with Crippen LogP contribution >= 0.6 is 12.4 Å². The molecule has 2 fully saturated rings. The molecule has 0 aromatic heterocycles. The third-order valence-electron chi connectivity index (χ3n) is 5.49. The van der Waals surface area contributed by atoms with Crippen molar-refractivity contribution < 1.29 is 18.0 Å². The van der Waals surface area contributed by atoms with Crippen LogP contribution in [-0.2, 0) is 10.0 Å². The van der Waals surface area contributed by atoms with Gasteiger partial charge in [0.25, 0.3) is 11.8 Å². The highest BCUT2D eigenvalue weighted by Crippen LogP contribution is 2.27. The Bertz CT molecular complexity index is 798. The molecule has 2 bridgehead atoms. The van der Waals surface area contributed by atoms with Crippen LogP contribution in [0.15, 0.2) is 24.3 Å². The van der Waals surface area contributed by atoms with Crippen molar-refractivity contribution in [2.24, 2.45) is 0 Å². The largest absolute Gasteiger partial charge is 0.311 e. The second-order valence-corrected chi connectivity index (χ2v) is 9.28. The number of hydrogen-bond acceptors (Lipinski definition) is 5. The number of fused-ring (bicyclic) bond motifs is 3. The molecule has 2 atom stereocenters. The number of benzene rings is 1. The number of imide groups is 1. The lowest BCUT2D eigenvalue weighted by molar-refractivity contribution is 0.0654. The Labute approximate surface area is 165 Å². The SMILES string of the molecule is Cl.O=C1c2ccccc2C(=O)N1CCCS(=O)(=O)NC1CC2CCC(C1)N2. The van der Waals surface area contributed by atoms with E-state index in [1.54, 1.807) is 24.3 Å². The number of sulfonamides is 1. The minimum absolute atomic E-state index is 0. The number of hydrogen-bond donors (Lipinski definition) is 2. The maximum atomic E-state index is 12.4. The van der Waals surface area contributed by atoms with Gasteiger partial charge in [0.15, 0.2) is 0 Å². The number of nitrogens with zero attached hydrogens (tertiary/aromatic N) is 1. The molecule has 0 spiro atoms. The zero-order valence-electron chi connectivity index (χ0n) is 14.9. The first kappa shape index (κ1) is 20.3. The average Bonchev–Trinajstić information content (AvgIpc) is 3.06. The van der Waals surface area contributed by atoms with Crippen molar-refractivity contribution in [1.29, 1.82) is 0 Å². The van der Waals surface area contributed by atoms with Gasteiger partial charge >= 0.3 is 0 Å². The van der Waals surface area contributed by atoms with Gasteiger partial charge in [-0.3, -0.25) is 14.5 Å². The number of nitrogens with one attached hydrogen (secondary N) is 2. The van der Waals surface area contributed by atoms with Crippen LogP contribution in [0.3, 0.4) is 0 Å². The first-order valence-electron chi connectivity index (χ1n) is 9.14. The molecule has 3 aliphatic heterocycles. The van der Waals surface area contributed by atoms with E-state index in [0.717, 1.165) is 30.6 Å². The van der Waals surface area contributed by atoms with Crippen molar-refractivity contribution in [3.05, 3.63) is 35.4 Å². The van der Waals surface area contributed by atoms with Crippen LogP contribution in [0.25, 0.3) is 0 Å². The number of piperidine rings is 1. The van der Waals surface area contributed by atoms with E-state index < -0.39 is 10.0 Å². The number of halogens is 1. The normalized spacial score (nSPS) is 26.8. The van der Waals surface area contributed by atoms with Gasteiger partial charge in [-0.1, -0.05) is 12.1 Å². The maximum absolute atomic E-state index is 12.4. The van der Waals surface area contributed by atoms with Crippen molar-refractivity contribution in [1.82, 2.24) is 14.9 Å². The molecule has 4 rings (SSSR count). The summed E-state index contributed by atoms with van der Waals surface area (Å²) in [6.45, 7) is 0.116. The first-order valence-corrected chi connectivity index (χ1v) is 10.8. The minimum atomic E-state index is -3.42. The van der Waals surface area contributed by atoms with E-state index in [2.05, 4.69) is 10.0 Å². The highest BCUT2D eigenvalue weighted by atomic mass is 35.5. The molecule has 2 saturated heterocycles. The summed E-state index contributed by atoms with van der Waals surface area (Å²) in [7, 11) is -3.42. The van der Waals surface area contributed by atoms with Crippen LogP contribution in [0, 0.1) is 0 Å². The van der Waals surface area contributed by atoms with Gasteiger partial charge in [-0.05, 0) is 44.2 Å². The number of carbonyl (C=O) groups is 2. The number of rotatable bonds is 6. The maximum Gasteiger partial charge on any atom is 0.261 e. The highest BCUT2D eigenvalue weighted by molar-refractivity contribution is 7.89.